The smallest absolute Gasteiger partial charge is 0.290 e. The SMILES string of the molecule is C=C/C=C(\C=C)COCCNC(=O)c1cc2cc(OCC(C)C)ccc2o1.O=CO. The zero-order chi connectivity index (χ0) is 22.4. The molecule has 0 saturated carbocycles. The Morgan fingerprint density at radius 3 is 2.67 bits per heavy atom. The molecule has 0 unspecified atom stereocenters. The minimum atomic E-state index is -0.273. The van der Waals surface area contributed by atoms with Gasteiger partial charge in [0.25, 0.3) is 12.4 Å². The van der Waals surface area contributed by atoms with Gasteiger partial charge in [0.05, 0.1) is 19.8 Å². The first-order valence-electron chi connectivity index (χ1n) is 9.49. The van der Waals surface area contributed by atoms with Crippen molar-refractivity contribution < 1.29 is 28.6 Å². The zero-order valence-corrected chi connectivity index (χ0v) is 17.4. The first-order valence-corrected chi connectivity index (χ1v) is 9.49. The van der Waals surface area contributed by atoms with E-state index in [0.717, 1.165) is 16.7 Å². The summed E-state index contributed by atoms with van der Waals surface area (Å²) in [5.74, 6) is 1.21. The normalized spacial score (nSPS) is 10.8. The number of nitrogens with one attached hydrogen (secondary N) is 1. The number of benzene rings is 1. The molecule has 1 amide bonds. The van der Waals surface area contributed by atoms with E-state index in [1.54, 1.807) is 18.2 Å². The fourth-order valence-corrected chi connectivity index (χ4v) is 2.33. The second kappa shape index (κ2) is 13.8. The standard InChI is InChI=1S/C22H27NO4.CH2O2/c1-5-7-17(6-2)15-25-11-10-23-22(24)21-13-18-12-19(26-14-16(3)4)8-9-20(18)27-21;2-1-3/h5-9,12-13,16H,1-2,10-11,14-15H2,3-4H3,(H,23,24);1H,(H,2,3)/b17-7+;. The van der Waals surface area contributed by atoms with Gasteiger partial charge in [-0.1, -0.05) is 45.2 Å². The average molecular weight is 415 g/mol. The molecule has 0 radical (unpaired) electrons. The lowest BCUT2D eigenvalue weighted by atomic mass is 10.2. The maximum atomic E-state index is 12.2. The van der Waals surface area contributed by atoms with Crippen LogP contribution in [-0.2, 0) is 9.53 Å². The Kier molecular flexibility index (Phi) is 11.4. The second-order valence-corrected chi connectivity index (χ2v) is 6.61. The van der Waals surface area contributed by atoms with Crippen LogP contribution < -0.4 is 10.1 Å². The van der Waals surface area contributed by atoms with Crippen molar-refractivity contribution in [3.8, 4) is 5.75 Å². The Morgan fingerprint density at radius 2 is 2.03 bits per heavy atom. The third-order valence-electron chi connectivity index (χ3n) is 3.69. The number of amides is 1. The van der Waals surface area contributed by atoms with Gasteiger partial charge in [0.1, 0.15) is 11.3 Å². The largest absolute Gasteiger partial charge is 0.493 e. The van der Waals surface area contributed by atoms with Crippen LogP contribution in [0.4, 0.5) is 0 Å². The molecule has 0 bridgehead atoms. The lowest BCUT2D eigenvalue weighted by Crippen LogP contribution is -2.27. The van der Waals surface area contributed by atoms with E-state index >= 15 is 0 Å². The summed E-state index contributed by atoms with van der Waals surface area (Å²) in [5.41, 5.74) is 1.59. The minimum absolute atomic E-state index is 0.250. The molecular weight excluding hydrogens is 386 g/mol. The van der Waals surface area contributed by atoms with E-state index in [1.165, 1.54) is 0 Å². The number of fused-ring (bicyclic) bond motifs is 1. The third-order valence-corrected chi connectivity index (χ3v) is 3.69. The van der Waals surface area contributed by atoms with Crippen molar-refractivity contribution in [2.75, 3.05) is 26.4 Å². The van der Waals surface area contributed by atoms with Crippen molar-refractivity contribution in [2.45, 2.75) is 13.8 Å². The van der Waals surface area contributed by atoms with Crippen LogP contribution >= 0.6 is 0 Å². The number of hydrogen-bond acceptors (Lipinski definition) is 5. The lowest BCUT2D eigenvalue weighted by molar-refractivity contribution is -0.122. The van der Waals surface area contributed by atoms with Gasteiger partial charge in [0, 0.05) is 11.9 Å². The molecule has 7 nitrogen and oxygen atoms in total. The van der Waals surface area contributed by atoms with Crippen LogP contribution in [0.2, 0.25) is 0 Å². The lowest BCUT2D eigenvalue weighted by Gasteiger charge is -2.07. The quantitative estimate of drug-likeness (QED) is 0.324. The number of rotatable bonds is 11. The number of carboxylic acid groups (broad SMARTS) is 1. The Morgan fingerprint density at radius 1 is 1.30 bits per heavy atom. The van der Waals surface area contributed by atoms with Crippen LogP contribution in [0, 0.1) is 5.92 Å². The van der Waals surface area contributed by atoms with Crippen LogP contribution in [0.3, 0.4) is 0 Å². The topological polar surface area (TPSA) is 98.0 Å². The molecular formula is C23H29NO6. The Bertz CT molecular complexity index is 866. The molecule has 0 atom stereocenters. The molecule has 2 rings (SSSR count). The van der Waals surface area contributed by atoms with Crippen LogP contribution in [0.15, 0.2) is 65.6 Å². The summed E-state index contributed by atoms with van der Waals surface area (Å²) in [7, 11) is 0. The average Bonchev–Trinajstić information content (AvgIpc) is 3.15. The summed E-state index contributed by atoms with van der Waals surface area (Å²) >= 11 is 0. The first kappa shape index (κ1) is 24.7. The van der Waals surface area contributed by atoms with Crippen molar-refractivity contribution >= 4 is 23.3 Å². The molecule has 1 aromatic carbocycles. The van der Waals surface area contributed by atoms with E-state index in [1.807, 2.05) is 24.3 Å². The maximum Gasteiger partial charge on any atom is 0.290 e. The summed E-state index contributed by atoms with van der Waals surface area (Å²) in [6, 6.07) is 7.26. The van der Waals surface area contributed by atoms with Gasteiger partial charge in [-0.15, -0.1) is 0 Å². The predicted molar refractivity (Wildman–Crippen MR) is 117 cm³/mol. The Balaban J connectivity index is 0.00000141. The highest BCUT2D eigenvalue weighted by Gasteiger charge is 2.12. The molecule has 0 fully saturated rings. The summed E-state index contributed by atoms with van der Waals surface area (Å²) in [5, 5.41) is 10.5. The van der Waals surface area contributed by atoms with Crippen molar-refractivity contribution in [1.82, 2.24) is 5.32 Å². The highest BCUT2D eigenvalue weighted by atomic mass is 16.5. The van der Waals surface area contributed by atoms with E-state index in [2.05, 4.69) is 32.3 Å². The van der Waals surface area contributed by atoms with E-state index < -0.39 is 0 Å². The fraction of sp³-hybridized carbons (Fsp3) is 0.304. The number of hydrogen-bond donors (Lipinski definition) is 2. The third kappa shape index (κ3) is 8.79. The van der Waals surface area contributed by atoms with Gasteiger partial charge >= 0.3 is 0 Å². The van der Waals surface area contributed by atoms with Crippen molar-refractivity contribution in [3.63, 3.8) is 0 Å². The highest BCUT2D eigenvalue weighted by molar-refractivity contribution is 5.96. The molecule has 2 N–H and O–H groups in total. The molecule has 0 saturated heterocycles. The second-order valence-electron chi connectivity index (χ2n) is 6.61. The summed E-state index contributed by atoms with van der Waals surface area (Å²) < 4.78 is 16.8. The van der Waals surface area contributed by atoms with Crippen LogP contribution in [0.5, 0.6) is 5.75 Å². The number of carbonyl (C=O) groups excluding carboxylic acids is 1. The number of furan rings is 1. The van der Waals surface area contributed by atoms with Gasteiger partial charge < -0.3 is 24.3 Å². The van der Waals surface area contributed by atoms with Crippen molar-refractivity contribution in [1.29, 1.82) is 0 Å². The van der Waals surface area contributed by atoms with Gasteiger partial charge in [-0.05, 0) is 35.8 Å². The summed E-state index contributed by atoms with van der Waals surface area (Å²) in [6.45, 7) is 13.1. The Labute approximate surface area is 176 Å². The molecule has 0 aliphatic carbocycles. The van der Waals surface area contributed by atoms with Crippen molar-refractivity contribution in [3.05, 3.63) is 67.0 Å². The van der Waals surface area contributed by atoms with Crippen LogP contribution in [-0.4, -0.2) is 43.9 Å². The van der Waals surface area contributed by atoms with E-state index in [-0.39, 0.29) is 18.1 Å². The number of ether oxygens (including phenoxy) is 2. The summed E-state index contributed by atoms with van der Waals surface area (Å²) in [6.07, 6.45) is 5.23. The molecule has 0 spiro atoms. The molecule has 30 heavy (non-hydrogen) atoms. The van der Waals surface area contributed by atoms with Crippen molar-refractivity contribution in [2.24, 2.45) is 5.92 Å². The van der Waals surface area contributed by atoms with E-state index in [0.29, 0.717) is 37.9 Å². The molecule has 1 heterocycles. The molecule has 0 aliphatic heterocycles. The first-order chi connectivity index (χ1) is 14.4. The van der Waals surface area contributed by atoms with Gasteiger partial charge in [-0.25, -0.2) is 0 Å². The Hall–Kier alpha value is -3.32. The van der Waals surface area contributed by atoms with Gasteiger partial charge in [-0.2, -0.15) is 0 Å². The van der Waals surface area contributed by atoms with Crippen LogP contribution in [0.25, 0.3) is 11.0 Å². The predicted octanol–water partition coefficient (Wildman–Crippen LogP) is 4.21. The number of carbonyl (C=O) groups is 2. The fourth-order valence-electron chi connectivity index (χ4n) is 2.33. The van der Waals surface area contributed by atoms with Crippen LogP contribution in [0.1, 0.15) is 24.4 Å². The van der Waals surface area contributed by atoms with E-state index in [4.69, 9.17) is 23.8 Å². The zero-order valence-electron chi connectivity index (χ0n) is 17.4. The van der Waals surface area contributed by atoms with Gasteiger partial charge in [0.15, 0.2) is 5.76 Å². The molecule has 0 aliphatic rings. The molecule has 162 valence electrons. The maximum absolute atomic E-state index is 12.2. The van der Waals surface area contributed by atoms with Gasteiger partial charge in [0.2, 0.25) is 0 Å². The highest BCUT2D eigenvalue weighted by Crippen LogP contribution is 2.24. The minimum Gasteiger partial charge on any atom is -0.493 e. The molecule has 1 aromatic heterocycles. The van der Waals surface area contributed by atoms with E-state index in [9.17, 15) is 4.79 Å². The molecule has 7 heteroatoms. The molecule has 2 aromatic rings. The van der Waals surface area contributed by atoms with Gasteiger partial charge in [-0.3, -0.25) is 9.59 Å². The monoisotopic (exact) mass is 415 g/mol. The summed E-state index contributed by atoms with van der Waals surface area (Å²) in [4.78, 5) is 20.6. The number of allylic oxidation sites excluding steroid dienone is 2.